The normalized spacial score (nSPS) is 8.08. The smallest absolute Gasteiger partial charge is 0.00151 e. The van der Waals surface area contributed by atoms with Crippen molar-refractivity contribution in [1.82, 2.24) is 36.3 Å². The van der Waals surface area contributed by atoms with E-state index in [0.717, 1.165) is 6.54 Å². The van der Waals surface area contributed by atoms with E-state index in [2.05, 4.69) is 28.0 Å². The topological polar surface area (TPSA) is 153 Å². The number of hydrogen-bond acceptors (Lipinski definition) is 11. The number of hydrazine groups is 5. The van der Waals surface area contributed by atoms with Gasteiger partial charge in [0.05, 0.1) is 0 Å². The van der Waals surface area contributed by atoms with Crippen LogP contribution in [0, 0.1) is 0 Å². The largest absolute Gasteiger partial charge is 0.331 e. The van der Waals surface area contributed by atoms with Gasteiger partial charge in [-0.1, -0.05) is 20.8 Å². The molecule has 170 valence electrons. The Balaban J connectivity index is -0.0000000336. The Morgan fingerprint density at radius 3 is 0.808 bits per heavy atom. The molecule has 0 rings (SSSR count). The molecular weight excluding hydrogens is 334 g/mol. The molecule has 11 nitrogen and oxygen atoms in total. The number of hydrogen-bond donors (Lipinski definition) is 7. The van der Waals surface area contributed by atoms with Gasteiger partial charge >= 0.3 is 0 Å². The molecule has 0 radical (unpaired) electrons. The summed E-state index contributed by atoms with van der Waals surface area (Å²) in [7, 11) is 21.0. The third kappa shape index (κ3) is 279. The lowest BCUT2D eigenvalue weighted by molar-refractivity contribution is 0.0894. The maximum atomic E-state index is 4.94. The molecule has 0 aromatic carbocycles. The maximum Gasteiger partial charge on any atom is 0.00151 e. The summed E-state index contributed by atoms with van der Waals surface area (Å²) in [6.45, 7) is 6.65. The molecule has 0 saturated carbocycles. The Morgan fingerprint density at radius 1 is 0.692 bits per heavy atom. The van der Waals surface area contributed by atoms with Crippen molar-refractivity contribution in [2.45, 2.75) is 20.8 Å². The van der Waals surface area contributed by atoms with Crippen LogP contribution in [0.4, 0.5) is 0 Å². The number of nitrogens with two attached hydrogens (primary N) is 4. The molecular formula is C15H55N11. The fourth-order valence-electron chi connectivity index (χ4n) is 0. The van der Waals surface area contributed by atoms with Gasteiger partial charge in [0.1, 0.15) is 0 Å². The molecule has 0 unspecified atom stereocenters. The fourth-order valence-corrected chi connectivity index (χ4v) is 0. The average Bonchev–Trinajstić information content (AvgIpc) is 2.59. The van der Waals surface area contributed by atoms with Crippen molar-refractivity contribution in [1.29, 1.82) is 0 Å². The van der Waals surface area contributed by atoms with Crippen molar-refractivity contribution in [3.63, 3.8) is 0 Å². The molecule has 11 N–H and O–H groups in total. The van der Waals surface area contributed by atoms with Crippen LogP contribution in [0.2, 0.25) is 0 Å². The predicted octanol–water partition coefficient (Wildman–Crippen LogP) is -1.72. The Bertz CT molecular complexity index is 135. The van der Waals surface area contributed by atoms with Gasteiger partial charge in [-0.05, 0) is 27.7 Å². The van der Waals surface area contributed by atoms with E-state index in [1.165, 1.54) is 5.01 Å². The summed E-state index contributed by atoms with van der Waals surface area (Å²) < 4.78 is 0. The third-order valence-electron chi connectivity index (χ3n) is 1.50. The summed E-state index contributed by atoms with van der Waals surface area (Å²) in [4.78, 5) is 0. The zero-order valence-electron chi connectivity index (χ0n) is 20.3. The molecule has 0 fully saturated rings. The van der Waals surface area contributed by atoms with Crippen LogP contribution in [0.1, 0.15) is 20.8 Å². The standard InChI is InChI=1S/C4H12N2.C3H10N2.2C2H8N2.C2H7N.C2H6.H4N2/c1-5(2)6(3)4;1-4-5(2)3;1-4(2)3;1-3-4-2;1-2-3;2*1-2/h1-4H3;4H,1-3H3;3H2,1-2H3;3-4H,1-2H3;2-3H2,1H3;1-2H3;1-2H2. The molecule has 11 heteroatoms. The lowest BCUT2D eigenvalue weighted by atomic mass is 10.8. The Kier molecular flexibility index (Phi) is 96.9. The van der Waals surface area contributed by atoms with Gasteiger partial charge in [0.2, 0.25) is 0 Å². The second-order valence-corrected chi connectivity index (χ2v) is 4.68. The molecule has 0 atom stereocenters. The first-order chi connectivity index (χ1) is 12.0. The van der Waals surface area contributed by atoms with Crippen LogP contribution in [-0.4, -0.2) is 104 Å². The summed E-state index contributed by atoms with van der Waals surface area (Å²) in [6, 6.07) is 0. The minimum Gasteiger partial charge on any atom is -0.331 e. The van der Waals surface area contributed by atoms with E-state index >= 15 is 0 Å². The van der Waals surface area contributed by atoms with Crippen molar-refractivity contribution in [3.8, 4) is 0 Å². The van der Waals surface area contributed by atoms with Crippen LogP contribution >= 0.6 is 0 Å². The lowest BCUT2D eigenvalue weighted by Gasteiger charge is -2.17. The predicted molar refractivity (Wildman–Crippen MR) is 121 cm³/mol. The number of nitrogens with one attached hydrogen (secondary N) is 3. The van der Waals surface area contributed by atoms with Crippen molar-refractivity contribution in [2.75, 3.05) is 84.1 Å². The second kappa shape index (κ2) is 56.3. The Labute approximate surface area is 165 Å². The van der Waals surface area contributed by atoms with Crippen molar-refractivity contribution >= 4 is 0 Å². The number of rotatable bonds is 3. The molecule has 0 amide bonds. The Hall–Kier alpha value is -0.440. The monoisotopic (exact) mass is 389 g/mol. The Morgan fingerprint density at radius 2 is 0.808 bits per heavy atom. The van der Waals surface area contributed by atoms with E-state index in [4.69, 9.17) is 11.6 Å². The molecule has 0 bridgehead atoms. The average molecular weight is 390 g/mol. The summed E-state index contributed by atoms with van der Waals surface area (Å²) in [6.07, 6.45) is 0. The van der Waals surface area contributed by atoms with Crippen LogP contribution < -0.4 is 39.5 Å². The zero-order chi connectivity index (χ0) is 23.1. The first-order valence-corrected chi connectivity index (χ1v) is 8.46. The summed E-state index contributed by atoms with van der Waals surface area (Å²) in [5, 5.41) is 7.38. The van der Waals surface area contributed by atoms with Crippen molar-refractivity contribution in [3.05, 3.63) is 0 Å². The van der Waals surface area contributed by atoms with Crippen LogP contribution in [0.25, 0.3) is 0 Å². The van der Waals surface area contributed by atoms with E-state index in [1.54, 1.807) is 14.1 Å². The van der Waals surface area contributed by atoms with Gasteiger partial charge in [0.25, 0.3) is 0 Å². The zero-order valence-corrected chi connectivity index (χ0v) is 20.3. The van der Waals surface area contributed by atoms with E-state index in [1.807, 2.05) is 99.2 Å². The van der Waals surface area contributed by atoms with Crippen molar-refractivity contribution in [2.24, 2.45) is 23.3 Å². The van der Waals surface area contributed by atoms with E-state index in [-0.39, 0.29) is 0 Å². The van der Waals surface area contributed by atoms with Gasteiger partial charge in [-0.2, -0.15) is 0 Å². The molecule has 0 aliphatic rings. The minimum absolute atomic E-state index is 0.750. The highest BCUT2D eigenvalue weighted by Gasteiger charge is 1.84. The van der Waals surface area contributed by atoms with Gasteiger partial charge in [0, 0.05) is 56.4 Å². The van der Waals surface area contributed by atoms with Gasteiger partial charge in [-0.15, -0.1) is 0 Å². The fraction of sp³-hybridized carbons (Fsp3) is 1.00. The van der Waals surface area contributed by atoms with E-state index in [0.29, 0.717) is 0 Å². The first-order valence-electron chi connectivity index (χ1n) is 8.46. The van der Waals surface area contributed by atoms with Gasteiger partial charge in [-0.25, -0.2) is 10.0 Å². The molecule has 26 heavy (non-hydrogen) atoms. The molecule has 0 spiro atoms. The molecule has 0 heterocycles. The first kappa shape index (κ1) is 44.8. The summed E-state index contributed by atoms with van der Waals surface area (Å²) in [5.74, 6) is 12.9. The molecule has 0 aromatic heterocycles. The van der Waals surface area contributed by atoms with Gasteiger partial charge in [0.15, 0.2) is 0 Å². The second-order valence-electron chi connectivity index (χ2n) is 4.68. The van der Waals surface area contributed by atoms with Crippen LogP contribution in [-0.2, 0) is 0 Å². The number of nitrogens with zero attached hydrogens (tertiary/aromatic N) is 4. The van der Waals surface area contributed by atoms with Crippen LogP contribution in [0.3, 0.4) is 0 Å². The SMILES string of the molecule is CC.CCN.CN(C)N.CN(C)N(C)C.CNN(C)C.CNNC.NN. The molecule has 0 aliphatic carbocycles. The summed E-state index contributed by atoms with van der Waals surface area (Å²) in [5.41, 5.74) is 13.1. The highest BCUT2D eigenvalue weighted by Crippen LogP contribution is 1.72. The highest BCUT2D eigenvalue weighted by molar-refractivity contribution is 4.21. The van der Waals surface area contributed by atoms with Crippen molar-refractivity contribution < 1.29 is 0 Å². The lowest BCUT2D eigenvalue weighted by Crippen LogP contribution is -2.28. The van der Waals surface area contributed by atoms with Crippen LogP contribution in [0.15, 0.2) is 0 Å². The molecule has 0 aromatic rings. The third-order valence-corrected chi connectivity index (χ3v) is 1.50. The maximum absolute atomic E-state index is 4.94. The minimum atomic E-state index is 0.750. The van der Waals surface area contributed by atoms with Gasteiger partial charge in [-0.3, -0.25) is 43.8 Å². The van der Waals surface area contributed by atoms with E-state index in [9.17, 15) is 0 Å². The highest BCUT2D eigenvalue weighted by atomic mass is 15.6. The molecule has 0 saturated heterocycles. The summed E-state index contributed by atoms with van der Waals surface area (Å²) >= 11 is 0. The van der Waals surface area contributed by atoms with Crippen LogP contribution in [0.5, 0.6) is 0 Å². The van der Waals surface area contributed by atoms with Gasteiger partial charge < -0.3 is 5.73 Å². The van der Waals surface area contributed by atoms with E-state index < -0.39 is 0 Å². The molecule has 0 aliphatic heterocycles. The quantitative estimate of drug-likeness (QED) is 0.218.